The summed E-state index contributed by atoms with van der Waals surface area (Å²) in [5.41, 5.74) is 8.35. The Morgan fingerprint density at radius 3 is 2.81 bits per heavy atom. The van der Waals surface area contributed by atoms with Gasteiger partial charge in [-0.1, -0.05) is 17.7 Å². The topological polar surface area (TPSA) is 61.3 Å². The van der Waals surface area contributed by atoms with Gasteiger partial charge in [0.2, 0.25) is 0 Å². The normalized spacial score (nSPS) is 10.4. The highest BCUT2D eigenvalue weighted by molar-refractivity contribution is 5.36. The number of nitrogens with zero attached hydrogens (tertiary/aromatic N) is 1. The van der Waals surface area contributed by atoms with Crippen LogP contribution >= 0.6 is 0 Å². The molecule has 0 aliphatic carbocycles. The van der Waals surface area contributed by atoms with Gasteiger partial charge < -0.3 is 14.9 Å². The van der Waals surface area contributed by atoms with Gasteiger partial charge >= 0.3 is 6.08 Å². The number of aromatic nitrogens is 1. The summed E-state index contributed by atoms with van der Waals surface area (Å²) in [6, 6.07) is 5.92. The highest BCUT2D eigenvalue weighted by Crippen LogP contribution is 2.24. The van der Waals surface area contributed by atoms with Gasteiger partial charge in [-0.3, -0.25) is 0 Å². The van der Waals surface area contributed by atoms with Gasteiger partial charge in [-0.25, -0.2) is 0 Å². The van der Waals surface area contributed by atoms with Gasteiger partial charge in [-0.05, 0) is 25.5 Å². The van der Waals surface area contributed by atoms with Crippen LogP contribution in [0.1, 0.15) is 16.8 Å². The smallest absolute Gasteiger partial charge is 0.399 e. The Labute approximate surface area is 94.1 Å². The molecule has 84 valence electrons. The average molecular weight is 218 g/mol. The molecule has 0 unspecified atom stereocenters. The third-order valence-corrected chi connectivity index (χ3v) is 2.27. The van der Waals surface area contributed by atoms with E-state index in [0.29, 0.717) is 12.2 Å². The zero-order valence-corrected chi connectivity index (χ0v) is 9.36. The van der Waals surface area contributed by atoms with E-state index >= 15 is 0 Å². The van der Waals surface area contributed by atoms with Crippen LogP contribution in [0.15, 0.2) is 28.9 Å². The molecule has 0 bridgehead atoms. The first kappa shape index (κ1) is 10.7. The van der Waals surface area contributed by atoms with Crippen molar-refractivity contribution in [3.8, 4) is 11.8 Å². The first-order chi connectivity index (χ1) is 7.69. The van der Waals surface area contributed by atoms with Crippen LogP contribution in [0.25, 0.3) is 0 Å². The summed E-state index contributed by atoms with van der Waals surface area (Å²) in [7, 11) is 0. The molecule has 1 heterocycles. The molecule has 0 atom stereocenters. The average Bonchev–Trinajstić information content (AvgIpc) is 2.70. The van der Waals surface area contributed by atoms with E-state index in [1.807, 2.05) is 32.0 Å². The molecule has 4 heteroatoms. The quantitative estimate of drug-likeness (QED) is 0.859. The number of ether oxygens (including phenoxy) is 1. The molecule has 0 radical (unpaired) electrons. The number of hydrogen-bond donors (Lipinski definition) is 1. The lowest BCUT2D eigenvalue weighted by atomic mass is 10.1. The Hall–Kier alpha value is -1.81. The first-order valence-corrected chi connectivity index (χ1v) is 5.08. The third kappa shape index (κ3) is 2.23. The predicted molar refractivity (Wildman–Crippen MR) is 60.4 cm³/mol. The largest absolute Gasteiger partial charge is 0.417 e. The van der Waals surface area contributed by atoms with E-state index in [1.54, 1.807) is 0 Å². The second-order valence-corrected chi connectivity index (χ2v) is 3.68. The molecule has 1 aromatic heterocycles. The minimum absolute atomic E-state index is 0.229. The lowest BCUT2D eigenvalue weighted by Crippen LogP contribution is -1.96. The van der Waals surface area contributed by atoms with E-state index < -0.39 is 0 Å². The minimum atomic E-state index is 0.229. The number of hydrogen-bond acceptors (Lipinski definition) is 4. The Morgan fingerprint density at radius 2 is 2.19 bits per heavy atom. The van der Waals surface area contributed by atoms with E-state index in [0.717, 1.165) is 11.3 Å². The minimum Gasteiger partial charge on any atom is -0.417 e. The SMILES string of the molecule is Cc1ccc(Oc2nc(CN)co2)c(C)c1. The summed E-state index contributed by atoms with van der Waals surface area (Å²) in [6.07, 6.45) is 1.73. The molecule has 0 fully saturated rings. The molecule has 2 N–H and O–H groups in total. The molecule has 0 saturated carbocycles. The molecule has 0 aliphatic heterocycles. The van der Waals surface area contributed by atoms with Crippen molar-refractivity contribution >= 4 is 0 Å². The van der Waals surface area contributed by atoms with E-state index in [2.05, 4.69) is 4.98 Å². The number of benzene rings is 1. The maximum absolute atomic E-state index is 5.51. The van der Waals surface area contributed by atoms with Crippen LogP contribution < -0.4 is 10.5 Å². The molecule has 0 amide bonds. The van der Waals surface area contributed by atoms with Crippen molar-refractivity contribution in [2.75, 3.05) is 0 Å². The van der Waals surface area contributed by atoms with Gasteiger partial charge in [-0.2, -0.15) is 4.98 Å². The fourth-order valence-corrected chi connectivity index (χ4v) is 1.44. The van der Waals surface area contributed by atoms with Crippen molar-refractivity contribution in [1.29, 1.82) is 0 Å². The van der Waals surface area contributed by atoms with Crippen molar-refractivity contribution < 1.29 is 9.15 Å². The van der Waals surface area contributed by atoms with Crippen molar-refractivity contribution in [1.82, 2.24) is 4.98 Å². The maximum Gasteiger partial charge on any atom is 0.399 e. The van der Waals surface area contributed by atoms with E-state index in [1.165, 1.54) is 11.8 Å². The van der Waals surface area contributed by atoms with Crippen LogP contribution in [0.2, 0.25) is 0 Å². The number of nitrogens with two attached hydrogens (primary N) is 1. The molecule has 0 aliphatic rings. The van der Waals surface area contributed by atoms with Gasteiger partial charge in [0.1, 0.15) is 12.0 Å². The lowest BCUT2D eigenvalue weighted by Gasteiger charge is -2.05. The molecular weight excluding hydrogens is 204 g/mol. The molecule has 2 rings (SSSR count). The van der Waals surface area contributed by atoms with Gasteiger partial charge in [0.25, 0.3) is 0 Å². The molecular formula is C12H14N2O2. The summed E-state index contributed by atoms with van der Waals surface area (Å²) in [4.78, 5) is 4.07. The number of aryl methyl sites for hydroxylation is 2. The number of rotatable bonds is 3. The monoisotopic (exact) mass is 218 g/mol. The van der Waals surface area contributed by atoms with Gasteiger partial charge in [0, 0.05) is 6.54 Å². The van der Waals surface area contributed by atoms with Crippen LogP contribution in [0.3, 0.4) is 0 Å². The summed E-state index contributed by atoms with van der Waals surface area (Å²) >= 11 is 0. The van der Waals surface area contributed by atoms with Crippen LogP contribution in [0.4, 0.5) is 0 Å². The third-order valence-electron chi connectivity index (χ3n) is 2.27. The van der Waals surface area contributed by atoms with Crippen LogP contribution in [-0.2, 0) is 6.54 Å². The summed E-state index contributed by atoms with van der Waals surface area (Å²) in [6.45, 7) is 4.36. The second kappa shape index (κ2) is 4.37. The van der Waals surface area contributed by atoms with Crippen LogP contribution in [-0.4, -0.2) is 4.98 Å². The molecule has 4 nitrogen and oxygen atoms in total. The van der Waals surface area contributed by atoms with Gasteiger partial charge in [-0.15, -0.1) is 0 Å². The fraction of sp³-hybridized carbons (Fsp3) is 0.250. The Kier molecular flexibility index (Phi) is 2.92. The Bertz CT molecular complexity index is 492. The van der Waals surface area contributed by atoms with Gasteiger partial charge in [0.05, 0.1) is 5.69 Å². The summed E-state index contributed by atoms with van der Waals surface area (Å²) < 4.78 is 10.6. The highest BCUT2D eigenvalue weighted by atomic mass is 16.6. The molecule has 2 aromatic rings. The van der Waals surface area contributed by atoms with Crippen molar-refractivity contribution in [2.45, 2.75) is 20.4 Å². The van der Waals surface area contributed by atoms with Crippen molar-refractivity contribution in [3.63, 3.8) is 0 Å². The summed E-state index contributed by atoms with van der Waals surface area (Å²) in [5.74, 6) is 0.746. The molecule has 0 spiro atoms. The maximum atomic E-state index is 5.51. The van der Waals surface area contributed by atoms with E-state index in [-0.39, 0.29) is 6.08 Å². The van der Waals surface area contributed by atoms with E-state index in [9.17, 15) is 0 Å². The van der Waals surface area contributed by atoms with Crippen LogP contribution in [0.5, 0.6) is 11.8 Å². The molecule has 0 saturated heterocycles. The van der Waals surface area contributed by atoms with Crippen molar-refractivity contribution in [3.05, 3.63) is 41.3 Å². The number of oxazole rings is 1. The van der Waals surface area contributed by atoms with Crippen LogP contribution in [0, 0.1) is 13.8 Å². The standard InChI is InChI=1S/C12H14N2O2/c1-8-3-4-11(9(2)5-8)16-12-14-10(6-13)7-15-12/h3-5,7H,6,13H2,1-2H3. The Balaban J connectivity index is 2.20. The zero-order chi connectivity index (χ0) is 11.5. The van der Waals surface area contributed by atoms with Crippen molar-refractivity contribution in [2.24, 2.45) is 5.73 Å². The predicted octanol–water partition coefficient (Wildman–Crippen LogP) is 2.54. The highest BCUT2D eigenvalue weighted by Gasteiger charge is 2.07. The first-order valence-electron chi connectivity index (χ1n) is 5.08. The van der Waals surface area contributed by atoms with E-state index in [4.69, 9.17) is 14.9 Å². The molecule has 16 heavy (non-hydrogen) atoms. The second-order valence-electron chi connectivity index (χ2n) is 3.68. The Morgan fingerprint density at radius 1 is 1.38 bits per heavy atom. The lowest BCUT2D eigenvalue weighted by molar-refractivity contribution is 0.329. The van der Waals surface area contributed by atoms with Gasteiger partial charge in [0.15, 0.2) is 0 Å². The zero-order valence-electron chi connectivity index (χ0n) is 9.36. The summed E-state index contributed by atoms with van der Waals surface area (Å²) in [5, 5.41) is 0. The fourth-order valence-electron chi connectivity index (χ4n) is 1.44. The molecule has 1 aromatic carbocycles.